The zero-order valence-electron chi connectivity index (χ0n) is 10.3. The van der Waals surface area contributed by atoms with Crippen molar-refractivity contribution in [3.8, 4) is 0 Å². The fourth-order valence-electron chi connectivity index (χ4n) is 1.64. The molecule has 0 aromatic carbocycles. The Hall–Kier alpha value is -2.41. The van der Waals surface area contributed by atoms with E-state index in [1.165, 1.54) is 35.3 Å². The molecule has 0 saturated carbocycles. The smallest absolute Gasteiger partial charge is 0.266 e. The quantitative estimate of drug-likeness (QED) is 0.297. The fraction of sp³-hybridized carbons (Fsp3) is 0.0769. The van der Waals surface area contributed by atoms with E-state index < -0.39 is 17.8 Å². The highest BCUT2D eigenvalue weighted by molar-refractivity contribution is 7.80. The van der Waals surface area contributed by atoms with Crippen molar-refractivity contribution in [1.82, 2.24) is 15.2 Å². The number of nitrogens with one attached hydrogen (secondary N) is 1. The third-order valence-corrected chi connectivity index (χ3v) is 2.85. The normalized spacial score (nSPS) is 17.4. The van der Waals surface area contributed by atoms with Gasteiger partial charge in [-0.2, -0.15) is 4.39 Å². The van der Waals surface area contributed by atoms with Crippen LogP contribution in [0.5, 0.6) is 0 Å². The molecular weight excluding hydrogens is 281 g/mol. The largest absolute Gasteiger partial charge is 0.298 e. The maximum Gasteiger partial charge on any atom is 0.266 e. The molecule has 7 heteroatoms. The van der Waals surface area contributed by atoms with E-state index in [0.29, 0.717) is 0 Å². The maximum atomic E-state index is 13.0. The molecule has 20 heavy (non-hydrogen) atoms. The zero-order valence-corrected chi connectivity index (χ0v) is 11.1. The van der Waals surface area contributed by atoms with Crippen LogP contribution >= 0.6 is 12.2 Å². The molecule has 0 aliphatic carbocycles. The molecule has 0 unspecified atom stereocenters. The number of hydrogen-bond acceptors (Lipinski definition) is 4. The van der Waals surface area contributed by atoms with Crippen LogP contribution in [-0.2, 0) is 9.59 Å². The fourth-order valence-corrected chi connectivity index (χ4v) is 1.89. The SMILES string of the molecule is C=CCN1C(=O)/C(=C/c2cccc(F)n2)C(=O)NC1=S. The Kier molecular flexibility index (Phi) is 3.99. The highest BCUT2D eigenvalue weighted by atomic mass is 32.1. The van der Waals surface area contributed by atoms with Crippen molar-refractivity contribution in [1.29, 1.82) is 0 Å². The summed E-state index contributed by atoms with van der Waals surface area (Å²) in [5, 5.41) is 2.41. The molecule has 102 valence electrons. The number of carbonyl (C=O) groups excluding carboxylic acids is 2. The van der Waals surface area contributed by atoms with E-state index in [2.05, 4.69) is 16.9 Å². The minimum Gasteiger partial charge on any atom is -0.298 e. The van der Waals surface area contributed by atoms with Gasteiger partial charge in [-0.25, -0.2) is 4.98 Å². The van der Waals surface area contributed by atoms with E-state index in [-0.39, 0.29) is 22.9 Å². The standard InChI is InChI=1S/C13H10FN3O2S/c1-2-6-17-12(19)9(11(18)16-13(17)20)7-8-4-3-5-10(14)15-8/h2-5,7H,1,6H2,(H,16,18,20)/b9-7+. The van der Waals surface area contributed by atoms with Crippen LogP contribution < -0.4 is 5.32 Å². The molecule has 5 nitrogen and oxygen atoms in total. The third kappa shape index (κ3) is 2.77. The van der Waals surface area contributed by atoms with E-state index in [9.17, 15) is 14.0 Å². The van der Waals surface area contributed by atoms with Gasteiger partial charge in [0, 0.05) is 6.54 Å². The second-order valence-electron chi connectivity index (χ2n) is 3.91. The number of rotatable bonds is 3. The van der Waals surface area contributed by atoms with Crippen LogP contribution in [0.1, 0.15) is 5.69 Å². The Morgan fingerprint density at radius 1 is 1.45 bits per heavy atom. The first kappa shape index (κ1) is 14.0. The Morgan fingerprint density at radius 2 is 2.20 bits per heavy atom. The number of aromatic nitrogens is 1. The first-order valence-corrected chi connectivity index (χ1v) is 6.06. The van der Waals surface area contributed by atoms with Gasteiger partial charge in [-0.05, 0) is 30.4 Å². The van der Waals surface area contributed by atoms with Crippen molar-refractivity contribution in [2.45, 2.75) is 0 Å². The van der Waals surface area contributed by atoms with Crippen LogP contribution in [-0.4, -0.2) is 33.4 Å². The monoisotopic (exact) mass is 291 g/mol. The zero-order chi connectivity index (χ0) is 14.7. The third-order valence-electron chi connectivity index (χ3n) is 2.53. The molecule has 1 aliphatic rings. The molecule has 1 N–H and O–H groups in total. The Morgan fingerprint density at radius 3 is 2.85 bits per heavy atom. The van der Waals surface area contributed by atoms with Gasteiger partial charge in [0.2, 0.25) is 5.95 Å². The molecule has 0 atom stereocenters. The lowest BCUT2D eigenvalue weighted by Gasteiger charge is -2.27. The van der Waals surface area contributed by atoms with Gasteiger partial charge in [-0.3, -0.25) is 19.8 Å². The molecule has 1 aliphatic heterocycles. The van der Waals surface area contributed by atoms with Gasteiger partial charge in [0.1, 0.15) is 5.57 Å². The predicted molar refractivity (Wildman–Crippen MR) is 74.8 cm³/mol. The molecule has 1 aromatic rings. The van der Waals surface area contributed by atoms with Gasteiger partial charge in [-0.15, -0.1) is 6.58 Å². The topological polar surface area (TPSA) is 62.3 Å². The number of amides is 2. The Labute approximate surface area is 119 Å². The number of thiocarbonyl (C=S) groups is 1. The molecule has 2 amide bonds. The summed E-state index contributed by atoms with van der Waals surface area (Å²) >= 11 is 4.91. The van der Waals surface area contributed by atoms with Gasteiger partial charge in [0.15, 0.2) is 5.11 Å². The van der Waals surface area contributed by atoms with Gasteiger partial charge >= 0.3 is 0 Å². The molecule has 1 saturated heterocycles. The summed E-state index contributed by atoms with van der Waals surface area (Å²) in [5.41, 5.74) is 0.0217. The number of carbonyl (C=O) groups is 2. The summed E-state index contributed by atoms with van der Waals surface area (Å²) in [6.45, 7) is 3.69. The van der Waals surface area contributed by atoms with Gasteiger partial charge < -0.3 is 0 Å². The van der Waals surface area contributed by atoms with Crippen molar-refractivity contribution in [2.75, 3.05) is 6.54 Å². The van der Waals surface area contributed by atoms with Crippen molar-refractivity contribution in [2.24, 2.45) is 0 Å². The van der Waals surface area contributed by atoms with Crippen LogP contribution in [0.15, 0.2) is 36.4 Å². The lowest BCUT2D eigenvalue weighted by atomic mass is 10.1. The second kappa shape index (κ2) is 5.70. The average Bonchev–Trinajstić information content (AvgIpc) is 2.39. The Balaban J connectivity index is 2.38. The van der Waals surface area contributed by atoms with Crippen molar-refractivity contribution in [3.63, 3.8) is 0 Å². The average molecular weight is 291 g/mol. The minimum atomic E-state index is -0.693. The van der Waals surface area contributed by atoms with Crippen molar-refractivity contribution in [3.05, 3.63) is 48.1 Å². The van der Waals surface area contributed by atoms with Crippen LogP contribution in [0.3, 0.4) is 0 Å². The summed E-state index contributed by atoms with van der Waals surface area (Å²) in [6.07, 6.45) is 2.71. The van der Waals surface area contributed by atoms with Crippen molar-refractivity contribution >= 4 is 35.2 Å². The predicted octanol–water partition coefficient (Wildman–Crippen LogP) is 1.03. The lowest BCUT2D eigenvalue weighted by molar-refractivity contribution is -0.128. The number of hydrogen-bond donors (Lipinski definition) is 1. The minimum absolute atomic E-state index is 0.0178. The van der Waals surface area contributed by atoms with Gasteiger partial charge in [0.05, 0.1) is 5.69 Å². The van der Waals surface area contributed by atoms with Crippen LogP contribution in [0.4, 0.5) is 4.39 Å². The molecule has 0 spiro atoms. The van der Waals surface area contributed by atoms with E-state index >= 15 is 0 Å². The summed E-state index contributed by atoms with van der Waals surface area (Å²) < 4.78 is 13.0. The van der Waals surface area contributed by atoms with Crippen LogP contribution in [0.25, 0.3) is 6.08 Å². The molecule has 2 rings (SSSR count). The van der Waals surface area contributed by atoms with Crippen LogP contribution in [0, 0.1) is 5.95 Å². The summed E-state index contributed by atoms with van der Waals surface area (Å²) in [5.74, 6) is -1.89. The number of pyridine rings is 1. The molecular formula is C13H10FN3O2S. The summed E-state index contributed by atoms with van der Waals surface area (Å²) in [7, 11) is 0. The van der Waals surface area contributed by atoms with Crippen LogP contribution in [0.2, 0.25) is 0 Å². The summed E-state index contributed by atoms with van der Waals surface area (Å²) in [4.78, 5) is 28.7. The van der Waals surface area contributed by atoms with E-state index in [4.69, 9.17) is 12.2 Å². The first-order valence-electron chi connectivity index (χ1n) is 5.65. The maximum absolute atomic E-state index is 13.0. The number of nitrogens with zero attached hydrogens (tertiary/aromatic N) is 2. The van der Waals surface area contributed by atoms with Gasteiger partial charge in [-0.1, -0.05) is 12.1 Å². The lowest BCUT2D eigenvalue weighted by Crippen LogP contribution is -2.53. The molecule has 0 radical (unpaired) electrons. The second-order valence-corrected chi connectivity index (χ2v) is 4.29. The van der Waals surface area contributed by atoms with E-state index in [1.807, 2.05) is 0 Å². The molecule has 1 fully saturated rings. The first-order chi connectivity index (χ1) is 9.52. The molecule has 2 heterocycles. The molecule has 0 bridgehead atoms. The molecule has 1 aromatic heterocycles. The van der Waals surface area contributed by atoms with E-state index in [0.717, 1.165) is 0 Å². The summed E-state index contributed by atoms with van der Waals surface area (Å²) in [6, 6.07) is 4.09. The highest BCUT2D eigenvalue weighted by Gasteiger charge is 2.32. The Bertz CT molecular complexity index is 642. The number of halogens is 1. The van der Waals surface area contributed by atoms with Gasteiger partial charge in [0.25, 0.3) is 11.8 Å². The van der Waals surface area contributed by atoms with Crippen molar-refractivity contribution < 1.29 is 14.0 Å². The highest BCUT2D eigenvalue weighted by Crippen LogP contribution is 2.13. The van der Waals surface area contributed by atoms with E-state index in [1.54, 1.807) is 0 Å².